The fourth-order valence-corrected chi connectivity index (χ4v) is 1.02. The molecular weight excluding hydrogens is 164 g/mol. The van der Waals surface area contributed by atoms with Crippen LogP contribution in [0.5, 0.6) is 0 Å². The molecule has 0 heterocycles. The summed E-state index contributed by atoms with van der Waals surface area (Å²) in [5.41, 5.74) is 0. The van der Waals surface area contributed by atoms with Gasteiger partial charge in [0.1, 0.15) is 0 Å². The van der Waals surface area contributed by atoms with Gasteiger partial charge < -0.3 is 10.2 Å². The number of hydrogen-bond acceptors (Lipinski definition) is 2. The van der Waals surface area contributed by atoms with E-state index in [4.69, 9.17) is 11.6 Å². The zero-order valence-electron chi connectivity index (χ0n) is 6.92. The Morgan fingerprint density at radius 3 is 1.91 bits per heavy atom. The molecule has 2 unspecified atom stereocenters. The fourth-order valence-electron chi connectivity index (χ4n) is 0.911. The highest BCUT2D eigenvalue weighted by Crippen LogP contribution is 2.28. The molecule has 66 valence electrons. The summed E-state index contributed by atoms with van der Waals surface area (Å²) in [7, 11) is 0. The van der Waals surface area contributed by atoms with Crippen LogP contribution in [0.1, 0.15) is 20.3 Å². The van der Waals surface area contributed by atoms with Crippen LogP contribution in [0.3, 0.4) is 0 Å². The van der Waals surface area contributed by atoms with Gasteiger partial charge in [0.15, 0.2) is 0 Å². The molecule has 0 aliphatic rings. The first-order valence-corrected chi connectivity index (χ1v) is 3.99. The average Bonchev–Trinajstić information content (AvgIpc) is 1.87. The number of aliphatic hydroxyl groups excluding tert-OH is 2. The molecule has 0 radical (unpaired) electrons. The lowest BCUT2D eigenvalue weighted by Gasteiger charge is -2.31. The largest absolute Gasteiger partial charge is 0.391 e. The first kappa shape index (κ1) is 11.0. The van der Waals surface area contributed by atoms with Crippen LogP contribution in [0.4, 0.5) is 0 Å². The Labute approximate surface area is 72.5 Å². The predicted octanol–water partition coefficient (Wildman–Crippen LogP) is 1.30. The van der Waals surface area contributed by atoms with Gasteiger partial charge in [-0.15, -0.1) is 18.2 Å². The molecular formula is C8H15ClO2. The Morgan fingerprint density at radius 1 is 1.45 bits per heavy atom. The van der Waals surface area contributed by atoms with Crippen molar-refractivity contribution in [3.05, 3.63) is 12.7 Å². The van der Waals surface area contributed by atoms with E-state index in [1.807, 2.05) is 0 Å². The lowest BCUT2D eigenvalue weighted by atomic mass is 9.93. The number of allylic oxidation sites excluding steroid dienone is 1. The van der Waals surface area contributed by atoms with Gasteiger partial charge in [-0.25, -0.2) is 0 Å². The zero-order valence-corrected chi connectivity index (χ0v) is 7.67. The first-order valence-electron chi connectivity index (χ1n) is 3.61. The number of aliphatic hydroxyl groups is 2. The van der Waals surface area contributed by atoms with Crippen molar-refractivity contribution in [1.82, 2.24) is 0 Å². The molecule has 0 bridgehead atoms. The highest BCUT2D eigenvalue weighted by molar-refractivity contribution is 6.24. The molecule has 11 heavy (non-hydrogen) atoms. The van der Waals surface area contributed by atoms with Crippen molar-refractivity contribution in [2.24, 2.45) is 0 Å². The van der Waals surface area contributed by atoms with Gasteiger partial charge in [0.05, 0.1) is 17.1 Å². The van der Waals surface area contributed by atoms with E-state index in [0.717, 1.165) is 0 Å². The van der Waals surface area contributed by atoms with Crippen LogP contribution in [0.15, 0.2) is 12.7 Å². The lowest BCUT2D eigenvalue weighted by Crippen LogP contribution is -2.44. The summed E-state index contributed by atoms with van der Waals surface area (Å²) in [5.74, 6) is 0. The summed E-state index contributed by atoms with van der Waals surface area (Å²) >= 11 is 5.94. The van der Waals surface area contributed by atoms with E-state index in [1.54, 1.807) is 19.9 Å². The maximum atomic E-state index is 9.23. The van der Waals surface area contributed by atoms with Gasteiger partial charge in [-0.1, -0.05) is 6.08 Å². The number of rotatable bonds is 4. The summed E-state index contributed by atoms with van der Waals surface area (Å²) in [6.07, 6.45) is 0.486. The Morgan fingerprint density at radius 2 is 1.82 bits per heavy atom. The molecule has 0 rings (SSSR count). The summed E-state index contributed by atoms with van der Waals surface area (Å²) in [5, 5.41) is 18.5. The van der Waals surface area contributed by atoms with Crippen LogP contribution in [-0.2, 0) is 0 Å². The van der Waals surface area contributed by atoms with E-state index in [1.165, 1.54) is 0 Å². The molecule has 2 nitrogen and oxygen atoms in total. The molecule has 0 aromatic carbocycles. The van der Waals surface area contributed by atoms with Crippen molar-refractivity contribution in [3.8, 4) is 0 Å². The second kappa shape index (κ2) is 4.10. The first-order chi connectivity index (χ1) is 4.95. The Balaban J connectivity index is 4.37. The maximum absolute atomic E-state index is 9.23. The highest BCUT2D eigenvalue weighted by Gasteiger charge is 2.36. The van der Waals surface area contributed by atoms with Crippen molar-refractivity contribution < 1.29 is 10.2 Å². The molecule has 0 aliphatic carbocycles. The Bertz CT molecular complexity index is 124. The average molecular weight is 179 g/mol. The summed E-state index contributed by atoms with van der Waals surface area (Å²) in [6, 6.07) is 0. The van der Waals surface area contributed by atoms with Gasteiger partial charge in [-0.2, -0.15) is 0 Å². The minimum Gasteiger partial charge on any atom is -0.391 e. The van der Waals surface area contributed by atoms with Crippen LogP contribution in [0.2, 0.25) is 0 Å². The van der Waals surface area contributed by atoms with Crippen molar-refractivity contribution >= 4 is 11.6 Å². The zero-order chi connectivity index (χ0) is 9.07. The van der Waals surface area contributed by atoms with Crippen LogP contribution >= 0.6 is 11.6 Å². The predicted molar refractivity (Wildman–Crippen MR) is 46.8 cm³/mol. The van der Waals surface area contributed by atoms with E-state index < -0.39 is 17.1 Å². The van der Waals surface area contributed by atoms with Gasteiger partial charge >= 0.3 is 0 Å². The van der Waals surface area contributed by atoms with E-state index in [-0.39, 0.29) is 0 Å². The lowest BCUT2D eigenvalue weighted by molar-refractivity contribution is 0.0520. The Kier molecular flexibility index (Phi) is 4.08. The number of hydrogen-bond donors (Lipinski definition) is 2. The third kappa shape index (κ3) is 2.47. The van der Waals surface area contributed by atoms with E-state index in [9.17, 15) is 10.2 Å². The second-order valence-electron chi connectivity index (χ2n) is 2.77. The minimum absolute atomic E-state index is 0.393. The van der Waals surface area contributed by atoms with Gasteiger partial charge in [-0.05, 0) is 20.3 Å². The standard InChI is InChI=1S/C8H15ClO2/c1-4-5-8(9,6(2)10)7(3)11/h4,6-7,10-11H,1,5H2,2-3H3. The molecule has 2 N–H and O–H groups in total. The number of halogens is 1. The second-order valence-corrected chi connectivity index (χ2v) is 3.48. The molecule has 0 fully saturated rings. The molecule has 0 aromatic heterocycles. The highest BCUT2D eigenvalue weighted by atomic mass is 35.5. The van der Waals surface area contributed by atoms with Crippen molar-refractivity contribution in [1.29, 1.82) is 0 Å². The van der Waals surface area contributed by atoms with E-state index in [2.05, 4.69) is 6.58 Å². The van der Waals surface area contributed by atoms with Crippen molar-refractivity contribution in [2.75, 3.05) is 0 Å². The van der Waals surface area contributed by atoms with Crippen molar-refractivity contribution in [3.63, 3.8) is 0 Å². The van der Waals surface area contributed by atoms with E-state index in [0.29, 0.717) is 6.42 Å². The summed E-state index contributed by atoms with van der Waals surface area (Å²) in [4.78, 5) is -0.984. The maximum Gasteiger partial charge on any atom is 0.0990 e. The summed E-state index contributed by atoms with van der Waals surface area (Å²) < 4.78 is 0. The van der Waals surface area contributed by atoms with Gasteiger partial charge in [-0.3, -0.25) is 0 Å². The smallest absolute Gasteiger partial charge is 0.0990 e. The molecule has 3 heteroatoms. The van der Waals surface area contributed by atoms with E-state index >= 15 is 0 Å². The monoisotopic (exact) mass is 178 g/mol. The summed E-state index contributed by atoms with van der Waals surface area (Å²) in [6.45, 7) is 6.62. The molecule has 0 amide bonds. The molecule has 0 spiro atoms. The third-order valence-electron chi connectivity index (χ3n) is 1.85. The third-order valence-corrected chi connectivity index (χ3v) is 2.63. The Hall–Kier alpha value is -0.0500. The van der Waals surface area contributed by atoms with Gasteiger partial charge in [0.2, 0.25) is 0 Å². The molecule has 0 aromatic rings. The minimum atomic E-state index is -0.984. The normalized spacial score (nSPS) is 21.9. The van der Waals surface area contributed by atoms with Crippen molar-refractivity contribution in [2.45, 2.75) is 37.4 Å². The molecule has 0 aliphatic heterocycles. The topological polar surface area (TPSA) is 40.5 Å². The SMILES string of the molecule is C=CCC(Cl)(C(C)O)C(C)O. The quantitative estimate of drug-likeness (QED) is 0.503. The molecule has 2 atom stereocenters. The molecule has 0 saturated heterocycles. The number of alkyl halides is 1. The van der Waals surface area contributed by atoms with Crippen LogP contribution in [-0.4, -0.2) is 27.3 Å². The van der Waals surface area contributed by atoms with Gasteiger partial charge in [0.25, 0.3) is 0 Å². The molecule has 0 saturated carbocycles. The van der Waals surface area contributed by atoms with Crippen LogP contribution in [0, 0.1) is 0 Å². The van der Waals surface area contributed by atoms with Gasteiger partial charge in [0, 0.05) is 0 Å². The fraction of sp³-hybridized carbons (Fsp3) is 0.750. The van der Waals surface area contributed by atoms with Crippen LogP contribution < -0.4 is 0 Å². The van der Waals surface area contributed by atoms with Crippen LogP contribution in [0.25, 0.3) is 0 Å².